The van der Waals surface area contributed by atoms with Gasteiger partial charge in [0, 0.05) is 22.4 Å². The number of rotatable bonds is 5. The molecule has 0 aliphatic rings. The molecule has 0 aliphatic carbocycles. The zero-order valence-electron chi connectivity index (χ0n) is 14.6. The Hall–Kier alpha value is -3.06. The van der Waals surface area contributed by atoms with Crippen LogP contribution in [0.2, 0.25) is 0 Å². The van der Waals surface area contributed by atoms with Crippen molar-refractivity contribution in [3.05, 3.63) is 82.2 Å². The molecule has 0 unspecified atom stereocenters. The van der Waals surface area contributed by atoms with Crippen molar-refractivity contribution >= 4 is 39.2 Å². The SMILES string of the molecule is Cc1ccc(NC(=O)NCc2ccc(NC(=O)c3ccco3)cc2)cc1Br. The third-order valence-electron chi connectivity index (χ3n) is 3.84. The Balaban J connectivity index is 1.50. The smallest absolute Gasteiger partial charge is 0.319 e. The van der Waals surface area contributed by atoms with Crippen LogP contribution < -0.4 is 16.0 Å². The van der Waals surface area contributed by atoms with Crippen LogP contribution in [0.3, 0.4) is 0 Å². The molecule has 0 radical (unpaired) electrons. The lowest BCUT2D eigenvalue weighted by Gasteiger charge is -2.09. The highest BCUT2D eigenvalue weighted by Gasteiger charge is 2.08. The van der Waals surface area contributed by atoms with Gasteiger partial charge in [0.15, 0.2) is 5.76 Å². The van der Waals surface area contributed by atoms with Crippen LogP contribution in [0, 0.1) is 6.92 Å². The van der Waals surface area contributed by atoms with E-state index in [0.717, 1.165) is 15.6 Å². The van der Waals surface area contributed by atoms with Gasteiger partial charge in [0.2, 0.25) is 0 Å². The molecule has 3 aromatic rings. The van der Waals surface area contributed by atoms with Crippen molar-refractivity contribution in [3.8, 4) is 0 Å². The molecule has 0 aliphatic heterocycles. The quantitative estimate of drug-likeness (QED) is 0.539. The van der Waals surface area contributed by atoms with Crippen molar-refractivity contribution < 1.29 is 14.0 Å². The lowest BCUT2D eigenvalue weighted by molar-refractivity contribution is 0.0996. The molecule has 0 spiro atoms. The Bertz CT molecular complexity index is 938. The predicted molar refractivity (Wildman–Crippen MR) is 108 cm³/mol. The summed E-state index contributed by atoms with van der Waals surface area (Å²) in [5.41, 5.74) is 3.36. The minimum absolute atomic E-state index is 0.250. The van der Waals surface area contributed by atoms with E-state index < -0.39 is 0 Å². The number of nitrogens with one attached hydrogen (secondary N) is 3. The highest BCUT2D eigenvalue weighted by molar-refractivity contribution is 9.10. The van der Waals surface area contributed by atoms with E-state index in [-0.39, 0.29) is 17.7 Å². The van der Waals surface area contributed by atoms with Gasteiger partial charge in [-0.2, -0.15) is 0 Å². The first-order chi connectivity index (χ1) is 13.0. The Morgan fingerprint density at radius 1 is 1.00 bits per heavy atom. The second-order valence-electron chi connectivity index (χ2n) is 5.90. The maximum Gasteiger partial charge on any atom is 0.319 e. The number of carbonyl (C=O) groups is 2. The van der Waals surface area contributed by atoms with Crippen molar-refractivity contribution in [3.63, 3.8) is 0 Å². The van der Waals surface area contributed by atoms with Crippen LogP contribution in [0.25, 0.3) is 0 Å². The summed E-state index contributed by atoms with van der Waals surface area (Å²) in [6.45, 7) is 2.35. The molecule has 2 aromatic carbocycles. The minimum Gasteiger partial charge on any atom is -0.459 e. The Kier molecular flexibility index (Phi) is 5.93. The molecule has 0 fully saturated rings. The normalized spacial score (nSPS) is 10.3. The summed E-state index contributed by atoms with van der Waals surface area (Å²) in [5.74, 6) is -0.0605. The number of benzene rings is 2. The van der Waals surface area contributed by atoms with Gasteiger partial charge in [-0.3, -0.25) is 4.79 Å². The van der Waals surface area contributed by atoms with Gasteiger partial charge in [-0.15, -0.1) is 0 Å². The van der Waals surface area contributed by atoms with Gasteiger partial charge in [-0.25, -0.2) is 4.79 Å². The lowest BCUT2D eigenvalue weighted by Crippen LogP contribution is -2.28. The van der Waals surface area contributed by atoms with Gasteiger partial charge in [0.05, 0.1) is 6.26 Å². The van der Waals surface area contributed by atoms with E-state index in [4.69, 9.17) is 4.42 Å². The third-order valence-corrected chi connectivity index (χ3v) is 4.69. The van der Waals surface area contributed by atoms with Crippen LogP contribution in [0.4, 0.5) is 16.2 Å². The monoisotopic (exact) mass is 427 g/mol. The number of urea groups is 1. The van der Waals surface area contributed by atoms with Crippen LogP contribution in [-0.2, 0) is 6.54 Å². The number of aryl methyl sites for hydroxylation is 1. The predicted octanol–water partition coefficient (Wildman–Crippen LogP) is 4.92. The molecule has 0 saturated heterocycles. The molecule has 3 amide bonds. The average molecular weight is 428 g/mol. The number of furan rings is 1. The van der Waals surface area contributed by atoms with Gasteiger partial charge in [-0.05, 0) is 54.4 Å². The first kappa shape index (κ1) is 18.7. The van der Waals surface area contributed by atoms with Crippen molar-refractivity contribution in [2.75, 3.05) is 10.6 Å². The van der Waals surface area contributed by atoms with E-state index in [1.54, 1.807) is 24.3 Å². The molecule has 0 atom stereocenters. The fourth-order valence-corrected chi connectivity index (χ4v) is 2.71. The Morgan fingerprint density at radius 2 is 1.74 bits per heavy atom. The standard InChI is InChI=1S/C20H18BrN3O3/c1-13-4-7-16(11-17(13)21)24-20(26)22-12-14-5-8-15(9-6-14)23-19(25)18-3-2-10-27-18/h2-11H,12H2,1H3,(H,23,25)(H2,22,24,26). The molecule has 0 saturated carbocycles. The molecule has 3 rings (SSSR count). The van der Waals surface area contributed by atoms with Crippen LogP contribution in [0.5, 0.6) is 0 Å². The summed E-state index contributed by atoms with van der Waals surface area (Å²) < 4.78 is 5.99. The Morgan fingerprint density at radius 3 is 2.41 bits per heavy atom. The fraction of sp³-hybridized carbons (Fsp3) is 0.100. The number of amides is 3. The summed E-state index contributed by atoms with van der Waals surface area (Å²) in [4.78, 5) is 23.9. The molecule has 1 aromatic heterocycles. The number of halogens is 1. The molecular formula is C20H18BrN3O3. The average Bonchev–Trinajstić information content (AvgIpc) is 3.19. The largest absolute Gasteiger partial charge is 0.459 e. The summed E-state index contributed by atoms with van der Waals surface area (Å²) >= 11 is 3.44. The lowest BCUT2D eigenvalue weighted by atomic mass is 10.2. The minimum atomic E-state index is -0.311. The third kappa shape index (κ3) is 5.21. The first-order valence-electron chi connectivity index (χ1n) is 8.26. The topological polar surface area (TPSA) is 83.4 Å². The maximum atomic E-state index is 12.0. The van der Waals surface area contributed by atoms with E-state index >= 15 is 0 Å². The van der Waals surface area contributed by atoms with Crippen molar-refractivity contribution in [2.24, 2.45) is 0 Å². The van der Waals surface area contributed by atoms with Crippen molar-refractivity contribution in [1.82, 2.24) is 5.32 Å². The van der Waals surface area contributed by atoms with E-state index in [9.17, 15) is 9.59 Å². The van der Waals surface area contributed by atoms with E-state index in [2.05, 4.69) is 31.9 Å². The number of hydrogen-bond acceptors (Lipinski definition) is 3. The van der Waals surface area contributed by atoms with Gasteiger partial charge < -0.3 is 20.4 Å². The number of anilines is 2. The molecule has 27 heavy (non-hydrogen) atoms. The van der Waals surface area contributed by atoms with Crippen LogP contribution >= 0.6 is 15.9 Å². The molecule has 1 heterocycles. The molecule has 3 N–H and O–H groups in total. The maximum absolute atomic E-state index is 12.0. The Labute approximate surface area is 165 Å². The van der Waals surface area contributed by atoms with E-state index in [1.165, 1.54) is 6.26 Å². The highest BCUT2D eigenvalue weighted by atomic mass is 79.9. The summed E-state index contributed by atoms with van der Waals surface area (Å²) in [7, 11) is 0. The summed E-state index contributed by atoms with van der Waals surface area (Å²) in [6, 6.07) is 15.8. The van der Waals surface area contributed by atoms with E-state index in [0.29, 0.717) is 17.9 Å². The van der Waals surface area contributed by atoms with E-state index in [1.807, 2.05) is 37.3 Å². The molecule has 6 nitrogen and oxygen atoms in total. The van der Waals surface area contributed by atoms with Crippen LogP contribution in [0.1, 0.15) is 21.7 Å². The van der Waals surface area contributed by atoms with Crippen molar-refractivity contribution in [1.29, 1.82) is 0 Å². The summed E-state index contributed by atoms with van der Waals surface area (Å²) in [5, 5.41) is 8.32. The second kappa shape index (κ2) is 8.55. The van der Waals surface area contributed by atoms with Crippen molar-refractivity contribution in [2.45, 2.75) is 13.5 Å². The van der Waals surface area contributed by atoms with Gasteiger partial charge >= 0.3 is 6.03 Å². The molecule has 0 bridgehead atoms. The molecule has 138 valence electrons. The van der Waals surface area contributed by atoms with Gasteiger partial charge in [-0.1, -0.05) is 34.1 Å². The number of hydrogen-bond donors (Lipinski definition) is 3. The highest BCUT2D eigenvalue weighted by Crippen LogP contribution is 2.20. The molecule has 7 heteroatoms. The van der Waals surface area contributed by atoms with Crippen LogP contribution in [-0.4, -0.2) is 11.9 Å². The summed E-state index contributed by atoms with van der Waals surface area (Å²) in [6.07, 6.45) is 1.45. The van der Waals surface area contributed by atoms with Gasteiger partial charge in [0.25, 0.3) is 5.91 Å². The second-order valence-corrected chi connectivity index (χ2v) is 6.75. The zero-order valence-corrected chi connectivity index (χ0v) is 16.2. The number of carbonyl (C=O) groups excluding carboxylic acids is 2. The van der Waals surface area contributed by atoms with Gasteiger partial charge in [0.1, 0.15) is 0 Å². The van der Waals surface area contributed by atoms with Crippen LogP contribution in [0.15, 0.2) is 69.8 Å². The fourth-order valence-electron chi connectivity index (χ4n) is 2.33. The molecular weight excluding hydrogens is 410 g/mol. The zero-order chi connectivity index (χ0) is 19.2. The first-order valence-corrected chi connectivity index (χ1v) is 9.05.